The number of nitrogens with two attached hydrogens (primary N) is 1. The molecule has 3 N–H and O–H groups in total. The maximum Gasteiger partial charge on any atom is 0.243 e. The number of anilines is 1. The molecule has 0 amide bonds. The summed E-state index contributed by atoms with van der Waals surface area (Å²) in [6.07, 6.45) is 0.629. The topological polar surface area (TPSA) is 72.2 Å². The minimum Gasteiger partial charge on any atom is -0.398 e. The van der Waals surface area contributed by atoms with E-state index < -0.39 is 10.0 Å². The third kappa shape index (κ3) is 3.75. The third-order valence-corrected chi connectivity index (χ3v) is 4.94. The Morgan fingerprint density at radius 3 is 2.48 bits per heavy atom. The lowest BCUT2D eigenvalue weighted by Crippen LogP contribution is -2.29. The number of benzene rings is 2. The SMILES string of the molecule is CCC(NS(=O)(=O)c1cc(Cl)ccc1N)c1ccccc1. The van der Waals surface area contributed by atoms with Gasteiger partial charge < -0.3 is 5.73 Å². The van der Waals surface area contributed by atoms with E-state index in [-0.39, 0.29) is 16.6 Å². The van der Waals surface area contributed by atoms with Crippen molar-refractivity contribution in [2.75, 3.05) is 5.73 Å². The highest BCUT2D eigenvalue weighted by Crippen LogP contribution is 2.25. The maximum absolute atomic E-state index is 12.5. The molecule has 0 saturated heterocycles. The van der Waals surface area contributed by atoms with E-state index in [1.165, 1.54) is 12.1 Å². The van der Waals surface area contributed by atoms with Crippen LogP contribution in [0.5, 0.6) is 0 Å². The zero-order chi connectivity index (χ0) is 15.5. The van der Waals surface area contributed by atoms with Gasteiger partial charge in [-0.05, 0) is 30.2 Å². The molecule has 1 unspecified atom stereocenters. The van der Waals surface area contributed by atoms with Crippen LogP contribution in [0.1, 0.15) is 24.9 Å². The van der Waals surface area contributed by atoms with Crippen molar-refractivity contribution in [3.05, 3.63) is 59.1 Å². The van der Waals surface area contributed by atoms with Crippen LogP contribution in [-0.2, 0) is 10.0 Å². The van der Waals surface area contributed by atoms with Gasteiger partial charge in [-0.25, -0.2) is 13.1 Å². The second-order valence-electron chi connectivity index (χ2n) is 4.67. The molecule has 0 aliphatic carbocycles. The fourth-order valence-electron chi connectivity index (χ4n) is 2.06. The number of rotatable bonds is 5. The molecule has 1 atom stereocenters. The summed E-state index contributed by atoms with van der Waals surface area (Å²) in [6, 6.07) is 13.5. The molecule has 21 heavy (non-hydrogen) atoms. The highest BCUT2D eigenvalue weighted by atomic mass is 35.5. The molecule has 0 spiro atoms. The first-order chi connectivity index (χ1) is 9.94. The molecule has 0 aliphatic heterocycles. The Kier molecular flexibility index (Phi) is 4.88. The van der Waals surface area contributed by atoms with Gasteiger partial charge in [0.1, 0.15) is 4.90 Å². The first-order valence-corrected chi connectivity index (χ1v) is 8.42. The Balaban J connectivity index is 2.34. The van der Waals surface area contributed by atoms with Crippen molar-refractivity contribution in [1.29, 1.82) is 0 Å². The van der Waals surface area contributed by atoms with E-state index >= 15 is 0 Å². The van der Waals surface area contributed by atoms with E-state index in [0.29, 0.717) is 11.4 Å². The summed E-state index contributed by atoms with van der Waals surface area (Å²) in [5.41, 5.74) is 6.84. The molecule has 0 heterocycles. The summed E-state index contributed by atoms with van der Waals surface area (Å²) in [6.45, 7) is 1.92. The van der Waals surface area contributed by atoms with Crippen LogP contribution in [0, 0.1) is 0 Å². The second kappa shape index (κ2) is 6.47. The van der Waals surface area contributed by atoms with Gasteiger partial charge in [0.25, 0.3) is 0 Å². The predicted molar refractivity (Wildman–Crippen MR) is 85.7 cm³/mol. The first kappa shape index (κ1) is 15.8. The highest BCUT2D eigenvalue weighted by Gasteiger charge is 2.22. The molecular weight excluding hydrogens is 308 g/mol. The Labute approximate surface area is 130 Å². The number of halogens is 1. The number of hydrogen-bond donors (Lipinski definition) is 2. The van der Waals surface area contributed by atoms with Crippen LogP contribution in [0.4, 0.5) is 5.69 Å². The molecule has 0 radical (unpaired) electrons. The van der Waals surface area contributed by atoms with Gasteiger partial charge >= 0.3 is 0 Å². The zero-order valence-corrected chi connectivity index (χ0v) is 13.2. The second-order valence-corrected chi connectivity index (χ2v) is 6.79. The van der Waals surface area contributed by atoms with Gasteiger partial charge in [0.05, 0.1) is 5.69 Å². The summed E-state index contributed by atoms with van der Waals surface area (Å²) >= 11 is 5.86. The van der Waals surface area contributed by atoms with E-state index in [0.717, 1.165) is 5.56 Å². The van der Waals surface area contributed by atoms with Crippen LogP contribution in [0.3, 0.4) is 0 Å². The predicted octanol–water partition coefficient (Wildman–Crippen LogP) is 3.35. The quantitative estimate of drug-likeness (QED) is 0.828. The van der Waals surface area contributed by atoms with Crippen LogP contribution in [0.2, 0.25) is 5.02 Å². The van der Waals surface area contributed by atoms with Gasteiger partial charge in [-0.3, -0.25) is 0 Å². The fraction of sp³-hybridized carbons (Fsp3) is 0.200. The number of nitrogens with one attached hydrogen (secondary N) is 1. The van der Waals surface area contributed by atoms with Crippen LogP contribution >= 0.6 is 11.6 Å². The van der Waals surface area contributed by atoms with Crippen molar-refractivity contribution in [3.8, 4) is 0 Å². The summed E-state index contributed by atoms with van der Waals surface area (Å²) in [5.74, 6) is 0. The minimum atomic E-state index is -3.73. The standard InChI is InChI=1S/C15H17ClN2O2S/c1-2-14(11-6-4-3-5-7-11)18-21(19,20)15-10-12(16)8-9-13(15)17/h3-10,14,18H,2,17H2,1H3. The summed E-state index contributed by atoms with van der Waals surface area (Å²) in [5, 5.41) is 0.331. The third-order valence-electron chi connectivity index (χ3n) is 3.17. The van der Waals surface area contributed by atoms with Crippen LogP contribution in [0.25, 0.3) is 0 Å². The van der Waals surface area contributed by atoms with Crippen molar-refractivity contribution >= 4 is 27.3 Å². The van der Waals surface area contributed by atoms with Crippen LogP contribution in [-0.4, -0.2) is 8.42 Å². The number of sulfonamides is 1. The monoisotopic (exact) mass is 324 g/mol. The van der Waals surface area contributed by atoms with E-state index in [2.05, 4.69) is 4.72 Å². The van der Waals surface area contributed by atoms with E-state index in [9.17, 15) is 8.42 Å². The molecule has 2 rings (SSSR count). The van der Waals surface area contributed by atoms with Crippen LogP contribution in [0.15, 0.2) is 53.4 Å². The number of hydrogen-bond acceptors (Lipinski definition) is 3. The maximum atomic E-state index is 12.5. The minimum absolute atomic E-state index is 0.00406. The first-order valence-electron chi connectivity index (χ1n) is 6.56. The molecule has 2 aromatic rings. The molecule has 0 saturated carbocycles. The highest BCUT2D eigenvalue weighted by molar-refractivity contribution is 7.89. The van der Waals surface area contributed by atoms with Crippen LogP contribution < -0.4 is 10.5 Å². The van der Waals surface area contributed by atoms with E-state index in [1.54, 1.807) is 6.07 Å². The molecule has 4 nitrogen and oxygen atoms in total. The smallest absolute Gasteiger partial charge is 0.243 e. The number of nitrogen functional groups attached to an aromatic ring is 1. The molecule has 0 aromatic heterocycles. The molecular formula is C15H17ClN2O2S. The Hall–Kier alpha value is -1.56. The normalized spacial score (nSPS) is 13.0. The molecule has 0 aliphatic rings. The average molecular weight is 325 g/mol. The lowest BCUT2D eigenvalue weighted by Gasteiger charge is -2.18. The molecule has 112 valence electrons. The summed E-state index contributed by atoms with van der Waals surface area (Å²) in [4.78, 5) is 0.00406. The van der Waals surface area contributed by atoms with Gasteiger partial charge in [-0.15, -0.1) is 0 Å². The lowest BCUT2D eigenvalue weighted by atomic mass is 10.1. The molecule has 0 fully saturated rings. The van der Waals surface area contributed by atoms with Gasteiger partial charge in [-0.2, -0.15) is 0 Å². The summed E-state index contributed by atoms with van der Waals surface area (Å²) < 4.78 is 27.7. The lowest BCUT2D eigenvalue weighted by molar-refractivity contribution is 0.550. The Morgan fingerprint density at radius 2 is 1.86 bits per heavy atom. The zero-order valence-electron chi connectivity index (χ0n) is 11.6. The van der Waals surface area contributed by atoms with E-state index in [1.807, 2.05) is 37.3 Å². The van der Waals surface area contributed by atoms with Gasteiger partial charge in [0.15, 0.2) is 0 Å². The van der Waals surface area contributed by atoms with Crippen molar-refractivity contribution in [2.24, 2.45) is 0 Å². The molecule has 0 bridgehead atoms. The average Bonchev–Trinajstić information content (AvgIpc) is 2.48. The van der Waals surface area contributed by atoms with Crippen molar-refractivity contribution in [2.45, 2.75) is 24.3 Å². The molecule has 6 heteroatoms. The molecule has 2 aromatic carbocycles. The van der Waals surface area contributed by atoms with Gasteiger partial charge in [-0.1, -0.05) is 48.9 Å². The largest absolute Gasteiger partial charge is 0.398 e. The Bertz CT molecular complexity index is 718. The van der Waals surface area contributed by atoms with Crippen molar-refractivity contribution in [1.82, 2.24) is 4.72 Å². The summed E-state index contributed by atoms with van der Waals surface area (Å²) in [7, 11) is -3.73. The van der Waals surface area contributed by atoms with Crippen molar-refractivity contribution < 1.29 is 8.42 Å². The Morgan fingerprint density at radius 1 is 1.19 bits per heavy atom. The fourth-order valence-corrected chi connectivity index (χ4v) is 3.77. The van der Waals surface area contributed by atoms with Gasteiger partial charge in [0.2, 0.25) is 10.0 Å². The van der Waals surface area contributed by atoms with E-state index in [4.69, 9.17) is 17.3 Å². The van der Waals surface area contributed by atoms with Gasteiger partial charge in [0, 0.05) is 11.1 Å². The van der Waals surface area contributed by atoms with Crippen molar-refractivity contribution in [3.63, 3.8) is 0 Å².